The zero-order chi connectivity index (χ0) is 21.1. The molecule has 0 fully saturated rings. The van der Waals surface area contributed by atoms with Gasteiger partial charge in [0.2, 0.25) is 0 Å². The number of ether oxygens (including phenoxy) is 1. The average Bonchev–Trinajstić information content (AvgIpc) is 3.32. The lowest BCUT2D eigenvalue weighted by Gasteiger charge is -2.04. The summed E-state index contributed by atoms with van der Waals surface area (Å²) in [6.45, 7) is 0. The number of fused-ring (bicyclic) bond motifs is 1. The van der Waals surface area contributed by atoms with Gasteiger partial charge in [0.05, 0.1) is 11.2 Å². The molecule has 6 nitrogen and oxygen atoms in total. The highest BCUT2D eigenvalue weighted by molar-refractivity contribution is 9.10. The van der Waals surface area contributed by atoms with Gasteiger partial charge in [0.15, 0.2) is 10.4 Å². The van der Waals surface area contributed by atoms with Gasteiger partial charge in [0.25, 0.3) is 0 Å². The van der Waals surface area contributed by atoms with Gasteiger partial charge >= 0.3 is 11.9 Å². The molecular formula is C21H12BrClN2O4S. The summed E-state index contributed by atoms with van der Waals surface area (Å²) in [6, 6.07) is 17.4. The molecule has 0 aliphatic rings. The van der Waals surface area contributed by atoms with Crippen LogP contribution >= 0.6 is 38.9 Å². The van der Waals surface area contributed by atoms with E-state index in [1.165, 1.54) is 23.6 Å². The predicted octanol–water partition coefficient (Wildman–Crippen LogP) is 5.89. The molecule has 0 aliphatic carbocycles. The number of esters is 1. The Morgan fingerprint density at radius 3 is 2.73 bits per heavy atom. The maximum atomic E-state index is 12.6. The van der Waals surface area contributed by atoms with Gasteiger partial charge in [-0.15, -0.1) is 11.3 Å². The van der Waals surface area contributed by atoms with Gasteiger partial charge in [-0.1, -0.05) is 41.9 Å². The highest BCUT2D eigenvalue weighted by atomic mass is 79.9. The summed E-state index contributed by atoms with van der Waals surface area (Å²) in [4.78, 5) is 24.8. The molecule has 0 spiro atoms. The molecule has 0 atom stereocenters. The third-order valence-electron chi connectivity index (χ3n) is 3.97. The largest absolute Gasteiger partial charge is 0.444 e. The van der Waals surface area contributed by atoms with Gasteiger partial charge in [-0.2, -0.15) is 5.10 Å². The summed E-state index contributed by atoms with van der Waals surface area (Å²) < 4.78 is 12.0. The standard InChI is InChI=1S/C21H12BrClN2O4S/c22-17-9-8-15(29-17)20(26)25-24-11-12-4-3-5-13(10-12)28-21(27)19-18(23)14-6-1-2-7-16(14)30-19/h1-11H,(H,25,26)/b24-11-. The van der Waals surface area contributed by atoms with E-state index >= 15 is 0 Å². The molecule has 2 aromatic carbocycles. The number of furan rings is 1. The third-order valence-corrected chi connectivity index (χ3v) is 6.05. The number of amides is 1. The number of nitrogens with one attached hydrogen (secondary N) is 1. The van der Waals surface area contributed by atoms with Crippen LogP contribution < -0.4 is 10.2 Å². The fraction of sp³-hybridized carbons (Fsp3) is 0. The zero-order valence-electron chi connectivity index (χ0n) is 15.1. The van der Waals surface area contributed by atoms with Crippen LogP contribution in [0.4, 0.5) is 0 Å². The van der Waals surface area contributed by atoms with Gasteiger partial charge in [0.1, 0.15) is 10.6 Å². The number of carbonyl (C=O) groups is 2. The number of carbonyl (C=O) groups excluding carboxylic acids is 2. The Labute approximate surface area is 188 Å². The van der Waals surface area contributed by atoms with Crippen molar-refractivity contribution in [3.63, 3.8) is 0 Å². The van der Waals surface area contributed by atoms with E-state index in [2.05, 4.69) is 26.5 Å². The Hall–Kier alpha value is -2.94. The Kier molecular flexibility index (Phi) is 5.98. The van der Waals surface area contributed by atoms with Gasteiger partial charge in [-0.3, -0.25) is 4.79 Å². The molecule has 9 heteroatoms. The molecule has 0 radical (unpaired) electrons. The van der Waals surface area contributed by atoms with Crippen molar-refractivity contribution in [3.05, 3.63) is 86.6 Å². The molecule has 150 valence electrons. The first kappa shape index (κ1) is 20.3. The van der Waals surface area contributed by atoms with Crippen molar-refractivity contribution in [3.8, 4) is 5.75 Å². The number of hydrogen-bond donors (Lipinski definition) is 1. The third kappa shape index (κ3) is 4.46. The summed E-state index contributed by atoms with van der Waals surface area (Å²) in [5.41, 5.74) is 2.99. The number of thiophene rings is 1. The van der Waals surface area contributed by atoms with Gasteiger partial charge in [0, 0.05) is 10.1 Å². The molecule has 1 amide bonds. The van der Waals surface area contributed by atoms with Crippen LogP contribution in [0, 0.1) is 0 Å². The number of benzene rings is 2. The van der Waals surface area contributed by atoms with Crippen molar-refractivity contribution in [1.29, 1.82) is 0 Å². The van der Waals surface area contributed by atoms with Gasteiger partial charge in [-0.05, 0) is 51.8 Å². The molecule has 30 heavy (non-hydrogen) atoms. The molecule has 0 saturated carbocycles. The van der Waals surface area contributed by atoms with Gasteiger partial charge in [-0.25, -0.2) is 10.2 Å². The van der Waals surface area contributed by atoms with Crippen molar-refractivity contribution < 1.29 is 18.7 Å². The van der Waals surface area contributed by atoms with E-state index < -0.39 is 11.9 Å². The van der Waals surface area contributed by atoms with E-state index in [1.807, 2.05) is 24.3 Å². The first-order valence-electron chi connectivity index (χ1n) is 8.59. The van der Waals surface area contributed by atoms with Crippen LogP contribution in [0.2, 0.25) is 5.02 Å². The summed E-state index contributed by atoms with van der Waals surface area (Å²) in [7, 11) is 0. The minimum atomic E-state index is -0.535. The average molecular weight is 504 g/mol. The van der Waals surface area contributed by atoms with Crippen LogP contribution in [0.3, 0.4) is 0 Å². The number of nitrogens with zero attached hydrogens (tertiary/aromatic N) is 1. The quantitative estimate of drug-likeness (QED) is 0.159. The molecule has 4 rings (SSSR count). The number of hydrogen-bond acceptors (Lipinski definition) is 6. The number of hydrazone groups is 1. The van der Waals surface area contributed by atoms with E-state index in [4.69, 9.17) is 20.8 Å². The second-order valence-corrected chi connectivity index (χ2v) is 8.22. The summed E-state index contributed by atoms with van der Waals surface area (Å²) in [5, 5.41) is 5.09. The second kappa shape index (κ2) is 8.83. The summed E-state index contributed by atoms with van der Waals surface area (Å²) in [5.74, 6) is -0.563. The van der Waals surface area contributed by atoms with Crippen LogP contribution in [0.5, 0.6) is 5.75 Å². The van der Waals surface area contributed by atoms with Crippen molar-refractivity contribution in [2.45, 2.75) is 0 Å². The minimum absolute atomic E-state index is 0.127. The fourth-order valence-corrected chi connectivity index (χ4v) is 4.31. The number of rotatable bonds is 5. The van der Waals surface area contributed by atoms with Crippen molar-refractivity contribution in [1.82, 2.24) is 5.43 Å². The first-order valence-corrected chi connectivity index (χ1v) is 10.6. The van der Waals surface area contributed by atoms with Crippen LogP contribution in [0.15, 0.2) is 74.9 Å². The normalized spacial score (nSPS) is 11.1. The van der Waals surface area contributed by atoms with Gasteiger partial charge < -0.3 is 9.15 Å². The van der Waals surface area contributed by atoms with E-state index in [1.54, 1.807) is 30.3 Å². The van der Waals surface area contributed by atoms with E-state index in [0.29, 0.717) is 25.9 Å². The highest BCUT2D eigenvalue weighted by Crippen LogP contribution is 2.35. The predicted molar refractivity (Wildman–Crippen MR) is 120 cm³/mol. The Morgan fingerprint density at radius 1 is 1.13 bits per heavy atom. The van der Waals surface area contributed by atoms with Crippen LogP contribution in [0.1, 0.15) is 25.8 Å². The van der Waals surface area contributed by atoms with Crippen molar-refractivity contribution >= 4 is 67.0 Å². The zero-order valence-corrected chi connectivity index (χ0v) is 18.3. The summed E-state index contributed by atoms with van der Waals surface area (Å²) >= 11 is 10.7. The lowest BCUT2D eigenvalue weighted by Crippen LogP contribution is -2.16. The lowest BCUT2D eigenvalue weighted by atomic mass is 10.2. The fourth-order valence-electron chi connectivity index (χ4n) is 2.61. The minimum Gasteiger partial charge on any atom is -0.444 e. The maximum Gasteiger partial charge on any atom is 0.355 e. The molecule has 2 aromatic heterocycles. The molecule has 0 aliphatic heterocycles. The molecular weight excluding hydrogens is 492 g/mol. The van der Waals surface area contributed by atoms with Crippen LogP contribution in [0.25, 0.3) is 10.1 Å². The molecule has 0 unspecified atom stereocenters. The topological polar surface area (TPSA) is 80.9 Å². The Bertz CT molecular complexity index is 1280. The van der Waals surface area contributed by atoms with E-state index in [9.17, 15) is 9.59 Å². The molecule has 2 heterocycles. The van der Waals surface area contributed by atoms with E-state index in [0.717, 1.165) is 10.1 Å². The molecule has 4 aromatic rings. The molecule has 0 saturated heterocycles. The molecule has 1 N–H and O–H groups in total. The highest BCUT2D eigenvalue weighted by Gasteiger charge is 2.19. The first-order chi connectivity index (χ1) is 14.5. The number of halogens is 2. The smallest absolute Gasteiger partial charge is 0.355 e. The van der Waals surface area contributed by atoms with Crippen molar-refractivity contribution in [2.24, 2.45) is 5.10 Å². The Balaban J connectivity index is 1.44. The summed E-state index contributed by atoms with van der Waals surface area (Å²) in [6.07, 6.45) is 1.43. The second-order valence-electron chi connectivity index (χ2n) is 6.01. The van der Waals surface area contributed by atoms with Crippen molar-refractivity contribution in [2.75, 3.05) is 0 Å². The van der Waals surface area contributed by atoms with Crippen LogP contribution in [-0.2, 0) is 0 Å². The monoisotopic (exact) mass is 502 g/mol. The SMILES string of the molecule is O=C(N/N=C\c1cccc(OC(=O)c2sc3ccccc3c2Cl)c1)c1ccc(Br)o1. The molecule has 0 bridgehead atoms. The lowest BCUT2D eigenvalue weighted by molar-refractivity contribution is 0.0740. The van der Waals surface area contributed by atoms with Crippen LogP contribution in [-0.4, -0.2) is 18.1 Å². The van der Waals surface area contributed by atoms with E-state index in [-0.39, 0.29) is 5.76 Å². The Morgan fingerprint density at radius 2 is 1.97 bits per heavy atom. The maximum absolute atomic E-state index is 12.6.